The van der Waals surface area contributed by atoms with E-state index in [2.05, 4.69) is 13.8 Å². The molecule has 1 amide bonds. The molecule has 8 heteroatoms. The van der Waals surface area contributed by atoms with Crippen LogP contribution in [0.5, 0.6) is 0 Å². The third-order valence-corrected chi connectivity index (χ3v) is 7.96. The van der Waals surface area contributed by atoms with E-state index in [1.54, 1.807) is 30.3 Å². The van der Waals surface area contributed by atoms with E-state index in [-0.39, 0.29) is 17.4 Å². The topological polar surface area (TPSA) is 170 Å². The summed E-state index contributed by atoms with van der Waals surface area (Å²) in [4.78, 5) is 32.2. The van der Waals surface area contributed by atoms with Crippen molar-refractivity contribution in [2.45, 2.75) is 142 Å². The van der Waals surface area contributed by atoms with E-state index in [4.69, 9.17) is 27.4 Å². The number of anilines is 2. The molecule has 0 saturated carbocycles. The van der Waals surface area contributed by atoms with Crippen molar-refractivity contribution in [1.29, 1.82) is 0 Å². The fourth-order valence-corrected chi connectivity index (χ4v) is 5.21. The number of carbonyl (C=O) groups excluding carboxylic acids is 1. The molecule has 8 nitrogen and oxygen atoms in total. The van der Waals surface area contributed by atoms with Gasteiger partial charge in [0.1, 0.15) is 0 Å². The van der Waals surface area contributed by atoms with Crippen LogP contribution in [0.15, 0.2) is 48.5 Å². The lowest BCUT2D eigenvalue weighted by molar-refractivity contribution is -0.122. The highest BCUT2D eigenvalue weighted by molar-refractivity contribution is 5.90. The van der Waals surface area contributed by atoms with E-state index in [0.29, 0.717) is 16.9 Å². The van der Waals surface area contributed by atoms with Gasteiger partial charge in [0.15, 0.2) is 0 Å². The Morgan fingerprint density at radius 2 is 0.891 bits per heavy atom. The lowest BCUT2D eigenvalue weighted by Gasteiger charge is -2.13. The van der Waals surface area contributed by atoms with Crippen molar-refractivity contribution in [1.82, 2.24) is 0 Å². The highest BCUT2D eigenvalue weighted by Crippen LogP contribution is 2.19. The summed E-state index contributed by atoms with van der Waals surface area (Å²) >= 11 is 0. The molecule has 0 saturated heterocycles. The molecule has 0 aliphatic carbocycles. The van der Waals surface area contributed by atoms with Gasteiger partial charge in [0.25, 0.3) is 0 Å². The second-order valence-corrected chi connectivity index (χ2v) is 12.2. The molecule has 0 aliphatic rings. The Morgan fingerprint density at radius 3 is 1.20 bits per heavy atom. The van der Waals surface area contributed by atoms with Gasteiger partial charge in [0.05, 0.1) is 11.1 Å². The molecular formula is C38H63N3O5. The molecule has 0 aliphatic heterocycles. The van der Waals surface area contributed by atoms with Gasteiger partial charge in [-0.15, -0.1) is 0 Å². The van der Waals surface area contributed by atoms with Gasteiger partial charge in [-0.1, -0.05) is 148 Å². The van der Waals surface area contributed by atoms with Crippen LogP contribution in [-0.4, -0.2) is 28.1 Å². The highest BCUT2D eigenvalue weighted by atomic mass is 16.4. The molecule has 0 radical (unpaired) electrons. The van der Waals surface area contributed by atoms with Crippen molar-refractivity contribution < 1.29 is 24.6 Å². The van der Waals surface area contributed by atoms with Gasteiger partial charge in [-0.25, -0.2) is 9.59 Å². The SMILES string of the molecule is CCCCCCCCCCCCC(CCCCCCCCCC)C(N)=O.Nc1cc(N)cc(C(=O)O)c1.O=C(O)c1ccccc1. The molecule has 2 rings (SSSR count). The van der Waals surface area contributed by atoms with Crippen molar-refractivity contribution in [3.63, 3.8) is 0 Å². The predicted octanol–water partition coefficient (Wildman–Crippen LogP) is 9.86. The number of nitrogens with two attached hydrogens (primary N) is 3. The molecular weight excluding hydrogens is 578 g/mol. The van der Waals surface area contributed by atoms with Crippen molar-refractivity contribution in [2.24, 2.45) is 11.7 Å². The Kier molecular flexibility index (Phi) is 26.7. The van der Waals surface area contributed by atoms with Gasteiger partial charge in [0, 0.05) is 17.3 Å². The Hall–Kier alpha value is -3.55. The average molecular weight is 642 g/mol. The number of amides is 1. The minimum absolute atomic E-state index is 0.0659. The van der Waals surface area contributed by atoms with E-state index < -0.39 is 11.9 Å². The van der Waals surface area contributed by atoms with E-state index in [9.17, 15) is 14.4 Å². The van der Waals surface area contributed by atoms with Gasteiger partial charge in [-0.3, -0.25) is 4.79 Å². The zero-order chi connectivity index (χ0) is 34.4. The quantitative estimate of drug-likeness (QED) is 0.0593. The van der Waals surface area contributed by atoms with E-state index >= 15 is 0 Å². The summed E-state index contributed by atoms with van der Waals surface area (Å²) in [5.41, 5.74) is 17.5. The van der Waals surface area contributed by atoms with Crippen molar-refractivity contribution in [2.75, 3.05) is 11.5 Å². The largest absolute Gasteiger partial charge is 0.478 e. The van der Waals surface area contributed by atoms with Crippen LogP contribution in [0.4, 0.5) is 11.4 Å². The molecule has 260 valence electrons. The third-order valence-electron chi connectivity index (χ3n) is 7.96. The summed E-state index contributed by atoms with van der Waals surface area (Å²) in [5.74, 6) is -1.84. The molecule has 46 heavy (non-hydrogen) atoms. The number of primary amides is 1. The standard InChI is InChI=1S/C24H49NO.C7H8N2O2.C7H6O2/c1-3-5-7-9-11-13-14-16-18-20-22-23(24(25)26)21-19-17-15-12-10-8-6-4-2;8-5-1-4(7(10)11)2-6(9)3-5;8-7(9)6-4-2-1-3-5-6/h23H,3-22H2,1-2H3,(H2,25,26);1-3H,8-9H2,(H,10,11);1-5H,(H,8,9). The molecule has 2 aromatic rings. The van der Waals surface area contributed by atoms with E-state index in [0.717, 1.165) is 12.8 Å². The number of rotatable bonds is 23. The lowest BCUT2D eigenvalue weighted by Crippen LogP contribution is -2.23. The highest BCUT2D eigenvalue weighted by Gasteiger charge is 2.14. The minimum Gasteiger partial charge on any atom is -0.478 e. The first-order valence-electron chi connectivity index (χ1n) is 17.6. The summed E-state index contributed by atoms with van der Waals surface area (Å²) in [5, 5.41) is 16.9. The fourth-order valence-electron chi connectivity index (χ4n) is 5.21. The Bertz CT molecular complexity index is 1040. The molecule has 0 heterocycles. The lowest BCUT2D eigenvalue weighted by atomic mass is 9.93. The number of unbranched alkanes of at least 4 members (excludes halogenated alkanes) is 16. The van der Waals surface area contributed by atoms with E-state index in [1.807, 2.05) is 0 Å². The number of carboxylic acid groups (broad SMARTS) is 2. The van der Waals surface area contributed by atoms with Crippen molar-refractivity contribution in [3.05, 3.63) is 59.7 Å². The van der Waals surface area contributed by atoms with Crippen LogP contribution in [0, 0.1) is 5.92 Å². The van der Waals surface area contributed by atoms with Crippen LogP contribution in [0.3, 0.4) is 0 Å². The molecule has 1 atom stereocenters. The van der Waals surface area contributed by atoms with Gasteiger partial charge in [-0.05, 0) is 43.2 Å². The molecule has 2 aromatic carbocycles. The Morgan fingerprint density at radius 1 is 0.543 bits per heavy atom. The number of benzene rings is 2. The minimum atomic E-state index is -1.02. The summed E-state index contributed by atoms with van der Waals surface area (Å²) in [6.07, 6.45) is 26.1. The molecule has 0 bridgehead atoms. The molecule has 1 unspecified atom stereocenters. The molecule has 8 N–H and O–H groups in total. The number of carboxylic acids is 2. The van der Waals surface area contributed by atoms with Crippen molar-refractivity contribution >= 4 is 29.2 Å². The predicted molar refractivity (Wildman–Crippen MR) is 192 cm³/mol. The fraction of sp³-hybridized carbons (Fsp3) is 0.605. The Labute approximate surface area is 278 Å². The summed E-state index contributed by atoms with van der Waals surface area (Å²) < 4.78 is 0. The van der Waals surface area contributed by atoms with Crippen LogP contribution in [0.2, 0.25) is 0 Å². The smallest absolute Gasteiger partial charge is 0.335 e. The second kappa shape index (κ2) is 28.9. The van der Waals surface area contributed by atoms with Crippen LogP contribution < -0.4 is 17.2 Å². The number of carbonyl (C=O) groups is 3. The first-order chi connectivity index (χ1) is 22.1. The first-order valence-corrected chi connectivity index (χ1v) is 17.6. The van der Waals surface area contributed by atoms with E-state index in [1.165, 1.54) is 134 Å². The summed E-state index contributed by atoms with van der Waals surface area (Å²) in [6, 6.07) is 12.5. The van der Waals surface area contributed by atoms with Gasteiger partial charge in [0.2, 0.25) is 5.91 Å². The maximum Gasteiger partial charge on any atom is 0.335 e. The maximum atomic E-state index is 11.7. The number of nitrogen functional groups attached to an aromatic ring is 2. The zero-order valence-corrected chi connectivity index (χ0v) is 28.7. The zero-order valence-electron chi connectivity index (χ0n) is 28.7. The maximum absolute atomic E-state index is 11.7. The van der Waals surface area contributed by atoms with Crippen LogP contribution in [0.25, 0.3) is 0 Å². The summed E-state index contributed by atoms with van der Waals surface area (Å²) in [7, 11) is 0. The van der Waals surface area contributed by atoms with Gasteiger partial charge < -0.3 is 27.4 Å². The van der Waals surface area contributed by atoms with Crippen LogP contribution >= 0.6 is 0 Å². The van der Waals surface area contributed by atoms with Crippen LogP contribution in [0.1, 0.15) is 163 Å². The molecule has 0 aromatic heterocycles. The summed E-state index contributed by atoms with van der Waals surface area (Å²) in [6.45, 7) is 4.53. The second-order valence-electron chi connectivity index (χ2n) is 12.2. The monoisotopic (exact) mass is 641 g/mol. The third kappa shape index (κ3) is 24.7. The number of hydrogen-bond donors (Lipinski definition) is 5. The van der Waals surface area contributed by atoms with Gasteiger partial charge in [-0.2, -0.15) is 0 Å². The van der Waals surface area contributed by atoms with Crippen molar-refractivity contribution in [3.8, 4) is 0 Å². The number of hydrogen-bond acceptors (Lipinski definition) is 5. The number of aromatic carboxylic acids is 2. The normalized spacial score (nSPS) is 11.0. The average Bonchev–Trinajstić information content (AvgIpc) is 3.02. The molecule has 0 fully saturated rings. The van der Waals surface area contributed by atoms with Crippen LogP contribution in [-0.2, 0) is 4.79 Å². The first kappa shape index (κ1) is 42.5. The Balaban J connectivity index is 0.000000813. The molecule has 0 spiro atoms. The van der Waals surface area contributed by atoms with Gasteiger partial charge >= 0.3 is 11.9 Å².